The zero-order valence-corrected chi connectivity index (χ0v) is 9.74. The van der Waals surface area contributed by atoms with Crippen LogP contribution in [0.2, 0.25) is 0 Å². The number of ether oxygens (including phenoxy) is 1. The van der Waals surface area contributed by atoms with Gasteiger partial charge in [-0.25, -0.2) is 4.39 Å². The number of benzene rings is 1. The molecular weight excluding hydrogens is 205 g/mol. The van der Waals surface area contributed by atoms with Crippen molar-refractivity contribution >= 4 is 0 Å². The monoisotopic (exact) mass is 223 g/mol. The van der Waals surface area contributed by atoms with Gasteiger partial charge in [0.1, 0.15) is 5.82 Å². The molecule has 1 aliphatic rings. The van der Waals surface area contributed by atoms with E-state index in [0.29, 0.717) is 5.92 Å². The molecule has 88 valence electrons. The maximum atomic E-state index is 13.2. The lowest BCUT2D eigenvalue weighted by molar-refractivity contribution is 0.0630. The molecule has 16 heavy (non-hydrogen) atoms. The lowest BCUT2D eigenvalue weighted by Gasteiger charge is -2.26. The summed E-state index contributed by atoms with van der Waals surface area (Å²) in [6, 6.07) is 6.81. The Balaban J connectivity index is 2.21. The van der Waals surface area contributed by atoms with Crippen LogP contribution in [0.3, 0.4) is 0 Å². The van der Waals surface area contributed by atoms with E-state index in [1.807, 2.05) is 13.1 Å². The Hall–Kier alpha value is -0.930. The average Bonchev–Trinajstić information content (AvgIpc) is 2.67. The molecule has 1 aliphatic heterocycles. The van der Waals surface area contributed by atoms with Crippen LogP contribution in [0.1, 0.15) is 24.9 Å². The van der Waals surface area contributed by atoms with Gasteiger partial charge < -0.3 is 10.1 Å². The van der Waals surface area contributed by atoms with Crippen LogP contribution >= 0.6 is 0 Å². The minimum atomic E-state index is -0.191. The highest BCUT2D eigenvalue weighted by Crippen LogP contribution is 2.31. The van der Waals surface area contributed by atoms with Crippen LogP contribution in [0.25, 0.3) is 0 Å². The van der Waals surface area contributed by atoms with Crippen LogP contribution in [-0.4, -0.2) is 19.8 Å². The fraction of sp³-hybridized carbons (Fsp3) is 0.538. The number of halogens is 1. The summed E-state index contributed by atoms with van der Waals surface area (Å²) in [5.74, 6) is 0.323. The second-order valence-corrected chi connectivity index (χ2v) is 4.42. The Bertz CT molecular complexity index is 356. The summed E-state index contributed by atoms with van der Waals surface area (Å²) in [5.41, 5.74) is 0.959. The fourth-order valence-corrected chi connectivity index (χ4v) is 2.36. The van der Waals surface area contributed by atoms with Crippen molar-refractivity contribution in [2.45, 2.75) is 25.5 Å². The van der Waals surface area contributed by atoms with E-state index in [-0.39, 0.29) is 18.0 Å². The molecule has 1 aromatic carbocycles. The molecule has 0 radical (unpaired) electrons. The van der Waals surface area contributed by atoms with Gasteiger partial charge in [0.25, 0.3) is 0 Å². The van der Waals surface area contributed by atoms with Crippen LogP contribution in [0, 0.1) is 11.7 Å². The van der Waals surface area contributed by atoms with Gasteiger partial charge in [-0.15, -0.1) is 0 Å². The van der Waals surface area contributed by atoms with Crippen LogP contribution in [-0.2, 0) is 4.74 Å². The maximum Gasteiger partial charge on any atom is 0.123 e. The van der Waals surface area contributed by atoms with Crippen molar-refractivity contribution in [3.63, 3.8) is 0 Å². The molecule has 0 amide bonds. The molecule has 2 rings (SSSR count). The van der Waals surface area contributed by atoms with E-state index < -0.39 is 0 Å². The Morgan fingerprint density at radius 2 is 2.31 bits per heavy atom. The highest BCUT2D eigenvalue weighted by molar-refractivity contribution is 5.21. The fourth-order valence-electron chi connectivity index (χ4n) is 2.36. The van der Waals surface area contributed by atoms with E-state index >= 15 is 0 Å². The molecule has 1 fully saturated rings. The van der Waals surface area contributed by atoms with Crippen molar-refractivity contribution in [1.82, 2.24) is 5.32 Å². The maximum absolute atomic E-state index is 13.2. The summed E-state index contributed by atoms with van der Waals surface area (Å²) in [6.07, 6.45) is 1.23. The third kappa shape index (κ3) is 2.25. The van der Waals surface area contributed by atoms with Gasteiger partial charge in [-0.3, -0.25) is 0 Å². The second kappa shape index (κ2) is 4.93. The van der Waals surface area contributed by atoms with Gasteiger partial charge in [-0.2, -0.15) is 0 Å². The molecule has 3 heteroatoms. The van der Waals surface area contributed by atoms with Crippen molar-refractivity contribution in [1.29, 1.82) is 0 Å². The summed E-state index contributed by atoms with van der Waals surface area (Å²) in [5, 5.41) is 3.23. The van der Waals surface area contributed by atoms with Gasteiger partial charge in [-0.1, -0.05) is 19.1 Å². The number of hydrogen-bond donors (Lipinski definition) is 1. The molecule has 0 bridgehead atoms. The van der Waals surface area contributed by atoms with E-state index in [1.165, 1.54) is 6.07 Å². The minimum absolute atomic E-state index is 0.0770. The first-order valence-corrected chi connectivity index (χ1v) is 5.76. The first-order valence-electron chi connectivity index (χ1n) is 5.76. The van der Waals surface area contributed by atoms with Crippen LogP contribution in [0.5, 0.6) is 0 Å². The van der Waals surface area contributed by atoms with Gasteiger partial charge in [0.2, 0.25) is 0 Å². The molecule has 1 aromatic rings. The highest BCUT2D eigenvalue weighted by Gasteiger charge is 2.32. The van der Waals surface area contributed by atoms with Crippen LogP contribution < -0.4 is 5.32 Å². The topological polar surface area (TPSA) is 21.3 Å². The summed E-state index contributed by atoms with van der Waals surface area (Å²) < 4.78 is 18.9. The first-order chi connectivity index (χ1) is 7.72. The number of rotatable bonds is 3. The van der Waals surface area contributed by atoms with E-state index in [4.69, 9.17) is 4.74 Å². The third-order valence-electron chi connectivity index (χ3n) is 3.29. The van der Waals surface area contributed by atoms with Gasteiger partial charge in [0.05, 0.1) is 12.1 Å². The van der Waals surface area contributed by atoms with Crippen molar-refractivity contribution in [3.8, 4) is 0 Å². The first kappa shape index (κ1) is 11.6. The largest absolute Gasteiger partial charge is 0.376 e. The zero-order chi connectivity index (χ0) is 11.5. The molecule has 3 atom stereocenters. The lowest BCUT2D eigenvalue weighted by atomic mass is 9.92. The van der Waals surface area contributed by atoms with E-state index in [1.54, 1.807) is 12.1 Å². The predicted molar refractivity (Wildman–Crippen MR) is 61.7 cm³/mol. The smallest absolute Gasteiger partial charge is 0.123 e. The summed E-state index contributed by atoms with van der Waals surface area (Å²) >= 11 is 0. The number of likely N-dealkylation sites (N-methyl/N-ethyl adjacent to an activating group) is 1. The van der Waals surface area contributed by atoms with Crippen molar-refractivity contribution in [2.24, 2.45) is 5.92 Å². The van der Waals surface area contributed by atoms with E-state index in [9.17, 15) is 4.39 Å². The van der Waals surface area contributed by atoms with Gasteiger partial charge >= 0.3 is 0 Å². The highest BCUT2D eigenvalue weighted by atomic mass is 19.1. The summed E-state index contributed by atoms with van der Waals surface area (Å²) in [7, 11) is 1.89. The average molecular weight is 223 g/mol. The quantitative estimate of drug-likeness (QED) is 0.850. The third-order valence-corrected chi connectivity index (χ3v) is 3.29. The second-order valence-electron chi connectivity index (χ2n) is 4.42. The predicted octanol–water partition coefficient (Wildman–Crippen LogP) is 2.51. The van der Waals surface area contributed by atoms with E-state index in [2.05, 4.69) is 12.2 Å². The molecule has 0 aliphatic carbocycles. The number of nitrogens with one attached hydrogen (secondary N) is 1. The lowest BCUT2D eigenvalue weighted by Crippen LogP contribution is -2.32. The Labute approximate surface area is 95.8 Å². The van der Waals surface area contributed by atoms with Crippen molar-refractivity contribution in [2.75, 3.05) is 13.7 Å². The molecule has 2 nitrogen and oxygen atoms in total. The molecule has 0 spiro atoms. The number of hydrogen-bond acceptors (Lipinski definition) is 2. The van der Waals surface area contributed by atoms with Gasteiger partial charge in [-0.05, 0) is 37.1 Å². The van der Waals surface area contributed by atoms with Gasteiger partial charge in [0.15, 0.2) is 0 Å². The molecule has 0 aromatic heterocycles. The normalized spacial score (nSPS) is 26.9. The SMILES string of the molecule is CNC(c1cccc(F)c1)C1OCCC1C. The van der Waals surface area contributed by atoms with Gasteiger partial charge in [0, 0.05) is 6.61 Å². The van der Waals surface area contributed by atoms with Crippen LogP contribution in [0.15, 0.2) is 24.3 Å². The van der Waals surface area contributed by atoms with Crippen molar-refractivity contribution in [3.05, 3.63) is 35.6 Å². The molecule has 0 saturated carbocycles. The van der Waals surface area contributed by atoms with Crippen molar-refractivity contribution < 1.29 is 9.13 Å². The molecule has 3 unspecified atom stereocenters. The summed E-state index contributed by atoms with van der Waals surface area (Å²) in [4.78, 5) is 0. The Morgan fingerprint density at radius 3 is 2.88 bits per heavy atom. The van der Waals surface area contributed by atoms with Crippen LogP contribution in [0.4, 0.5) is 4.39 Å². The Kier molecular flexibility index (Phi) is 3.56. The summed E-state index contributed by atoms with van der Waals surface area (Å²) in [6.45, 7) is 2.99. The molecule has 1 heterocycles. The zero-order valence-electron chi connectivity index (χ0n) is 9.74. The standard InChI is InChI=1S/C13H18FNO/c1-9-6-7-16-13(9)12(15-2)10-4-3-5-11(14)8-10/h3-5,8-9,12-13,15H,6-7H2,1-2H3. The molecule has 1 N–H and O–H groups in total. The molecular formula is C13H18FNO. The molecule has 1 saturated heterocycles. The van der Waals surface area contributed by atoms with E-state index in [0.717, 1.165) is 18.6 Å². The Morgan fingerprint density at radius 1 is 1.50 bits per heavy atom. The minimum Gasteiger partial charge on any atom is -0.376 e.